The van der Waals surface area contributed by atoms with Gasteiger partial charge in [0.1, 0.15) is 0 Å². The Balaban J connectivity index is 4.57. The smallest absolute Gasteiger partial charge is 0.192 e. The molecule has 0 heterocycles. The third-order valence-electron chi connectivity index (χ3n) is 4.02. The van der Waals surface area contributed by atoms with Crippen LogP contribution in [0.1, 0.15) is 34.1 Å². The van der Waals surface area contributed by atoms with E-state index in [4.69, 9.17) is 4.43 Å². The summed E-state index contributed by atoms with van der Waals surface area (Å²) in [6.07, 6.45) is 1.26. The lowest BCUT2D eigenvalue weighted by Gasteiger charge is -2.38. The molecule has 0 radical (unpaired) electrons. The van der Waals surface area contributed by atoms with E-state index in [1.54, 1.807) is 0 Å². The van der Waals surface area contributed by atoms with E-state index in [0.29, 0.717) is 5.73 Å². The minimum Gasteiger partial charge on any atom is -0.417 e. The molecule has 15 heavy (non-hydrogen) atoms. The molecule has 0 aromatic heterocycles. The van der Waals surface area contributed by atoms with Crippen LogP contribution in [0.25, 0.3) is 0 Å². The second-order valence-corrected chi connectivity index (χ2v) is 16.2. The van der Waals surface area contributed by atoms with Crippen molar-refractivity contribution in [2.45, 2.75) is 77.6 Å². The first-order valence-corrected chi connectivity index (χ1v) is 12.6. The van der Waals surface area contributed by atoms with Crippen LogP contribution in [-0.2, 0) is 4.43 Å². The molecule has 1 nitrogen and oxygen atoms in total. The highest BCUT2D eigenvalue weighted by atomic mass is 28.4. The predicted octanol–water partition coefficient (Wildman–Crippen LogP) is 4.66. The van der Waals surface area contributed by atoms with Crippen molar-refractivity contribution < 1.29 is 4.43 Å². The van der Waals surface area contributed by atoms with Crippen LogP contribution in [0.4, 0.5) is 0 Å². The van der Waals surface area contributed by atoms with E-state index in [2.05, 4.69) is 53.9 Å². The Kier molecular flexibility index (Phi) is 5.79. The lowest BCUT2D eigenvalue weighted by atomic mass is 10.4. The van der Waals surface area contributed by atoms with E-state index in [0.717, 1.165) is 5.54 Å². The first-order valence-electron chi connectivity index (χ1n) is 6.35. The molecule has 0 N–H and O–H groups in total. The van der Waals surface area contributed by atoms with E-state index in [9.17, 15) is 0 Å². The Bertz CT molecular complexity index is 189. The minimum absolute atomic E-state index is 0.503. The van der Waals surface area contributed by atoms with E-state index in [-0.39, 0.29) is 0 Å². The topological polar surface area (TPSA) is 9.23 Å². The van der Waals surface area contributed by atoms with Crippen molar-refractivity contribution in [1.29, 1.82) is 0 Å². The Morgan fingerprint density at radius 3 is 1.73 bits per heavy atom. The van der Waals surface area contributed by atoms with E-state index < -0.39 is 16.4 Å². The van der Waals surface area contributed by atoms with E-state index >= 15 is 0 Å². The summed E-state index contributed by atoms with van der Waals surface area (Å²) in [6, 6.07) is 1.25. The average molecular weight is 247 g/mol. The highest BCUT2D eigenvalue weighted by Crippen LogP contribution is 2.31. The maximum Gasteiger partial charge on any atom is 0.192 e. The minimum atomic E-state index is -1.46. The molecule has 3 heteroatoms. The van der Waals surface area contributed by atoms with Crippen LogP contribution in [-0.4, -0.2) is 22.1 Å². The highest BCUT2D eigenvalue weighted by molar-refractivity contribution is 6.80. The number of hydrogen-bond donors (Lipinski definition) is 0. The zero-order valence-corrected chi connectivity index (χ0v) is 14.0. The van der Waals surface area contributed by atoms with Crippen LogP contribution >= 0.6 is 0 Å². The molecular formula is C12H30OSi2. The Labute approximate surface area is 98.8 Å². The molecular weight excluding hydrogens is 216 g/mol. The number of rotatable bonds is 6. The summed E-state index contributed by atoms with van der Waals surface area (Å²) in [5, 5.41) is 0. The summed E-state index contributed by atoms with van der Waals surface area (Å²) < 4.78 is 6.50. The Morgan fingerprint density at radius 2 is 1.47 bits per heavy atom. The third-order valence-corrected chi connectivity index (χ3v) is 11.6. The summed E-state index contributed by atoms with van der Waals surface area (Å²) in [4.78, 5) is 0. The molecule has 0 spiro atoms. The zero-order chi connectivity index (χ0) is 12.3. The van der Waals surface area contributed by atoms with Crippen LogP contribution in [0.5, 0.6) is 0 Å². The van der Waals surface area contributed by atoms with Gasteiger partial charge < -0.3 is 4.43 Å². The van der Waals surface area contributed by atoms with E-state index in [1.807, 2.05) is 0 Å². The molecule has 0 fully saturated rings. The largest absolute Gasteiger partial charge is 0.417 e. The van der Waals surface area contributed by atoms with E-state index in [1.165, 1.54) is 12.5 Å². The van der Waals surface area contributed by atoms with Gasteiger partial charge in [-0.2, -0.15) is 0 Å². The van der Waals surface area contributed by atoms with Crippen LogP contribution in [0.3, 0.4) is 0 Å². The van der Waals surface area contributed by atoms with Gasteiger partial charge in [-0.3, -0.25) is 0 Å². The third kappa shape index (κ3) is 4.41. The first-order chi connectivity index (χ1) is 6.67. The van der Waals surface area contributed by atoms with Gasteiger partial charge in [-0.1, -0.05) is 46.8 Å². The molecule has 0 rings (SSSR count). The molecule has 0 aromatic rings. The van der Waals surface area contributed by atoms with Crippen LogP contribution in [0.2, 0.25) is 37.8 Å². The molecule has 3 unspecified atom stereocenters. The van der Waals surface area contributed by atoms with Crippen molar-refractivity contribution in [3.8, 4) is 0 Å². The molecule has 0 aromatic carbocycles. The van der Waals surface area contributed by atoms with Crippen LogP contribution in [0.15, 0.2) is 0 Å². The summed E-state index contributed by atoms with van der Waals surface area (Å²) in [5.74, 6) is 0. The Hall–Kier alpha value is 0.394. The SMILES string of the molecule is CCC(C)[Si](C)(CC)OC(C)[Si](C)(C)C. The quantitative estimate of drug-likeness (QED) is 0.619. The molecule has 0 saturated heterocycles. The van der Waals surface area contributed by atoms with Crippen LogP contribution in [0, 0.1) is 0 Å². The maximum absolute atomic E-state index is 6.50. The lowest BCUT2D eigenvalue weighted by molar-refractivity contribution is 0.266. The van der Waals surface area contributed by atoms with Gasteiger partial charge in [0.2, 0.25) is 0 Å². The average Bonchev–Trinajstić information content (AvgIpc) is 2.14. The Morgan fingerprint density at radius 1 is 1.00 bits per heavy atom. The first kappa shape index (κ1) is 15.4. The molecule has 0 amide bonds. The van der Waals surface area contributed by atoms with Crippen molar-refractivity contribution in [3.05, 3.63) is 0 Å². The van der Waals surface area contributed by atoms with Gasteiger partial charge in [0.15, 0.2) is 8.32 Å². The normalized spacial score (nSPS) is 20.8. The fourth-order valence-electron chi connectivity index (χ4n) is 1.56. The molecule has 92 valence electrons. The summed E-state index contributed by atoms with van der Waals surface area (Å²) in [6.45, 7) is 18.9. The molecule has 3 atom stereocenters. The van der Waals surface area contributed by atoms with Gasteiger partial charge in [0, 0.05) is 5.73 Å². The molecule has 0 bridgehead atoms. The van der Waals surface area contributed by atoms with Gasteiger partial charge in [0.25, 0.3) is 0 Å². The van der Waals surface area contributed by atoms with Gasteiger partial charge in [-0.15, -0.1) is 0 Å². The standard InChI is InChI=1S/C12H30OSi2/c1-9-11(3)15(8,10-2)13-12(4)14(5,6)7/h11-12H,9-10H2,1-8H3. The molecule has 0 saturated carbocycles. The molecule has 0 aliphatic rings. The van der Waals surface area contributed by atoms with Crippen LogP contribution < -0.4 is 0 Å². The van der Waals surface area contributed by atoms with Crippen molar-refractivity contribution in [2.24, 2.45) is 0 Å². The van der Waals surface area contributed by atoms with Crippen molar-refractivity contribution in [3.63, 3.8) is 0 Å². The van der Waals surface area contributed by atoms with Gasteiger partial charge >= 0.3 is 0 Å². The molecule has 0 aliphatic heterocycles. The second-order valence-electron chi connectivity index (χ2n) is 6.10. The maximum atomic E-state index is 6.50. The summed E-state index contributed by atoms with van der Waals surface area (Å²) in [7, 11) is -2.60. The van der Waals surface area contributed by atoms with Gasteiger partial charge in [-0.25, -0.2) is 0 Å². The monoisotopic (exact) mass is 246 g/mol. The number of hydrogen-bond acceptors (Lipinski definition) is 1. The van der Waals surface area contributed by atoms with Crippen molar-refractivity contribution >= 4 is 16.4 Å². The summed E-state index contributed by atoms with van der Waals surface area (Å²) >= 11 is 0. The van der Waals surface area contributed by atoms with Crippen molar-refractivity contribution in [1.82, 2.24) is 0 Å². The molecule has 0 aliphatic carbocycles. The fraction of sp³-hybridized carbons (Fsp3) is 1.00. The second kappa shape index (κ2) is 5.64. The highest BCUT2D eigenvalue weighted by Gasteiger charge is 2.37. The van der Waals surface area contributed by atoms with Gasteiger partial charge in [-0.05, 0) is 25.1 Å². The lowest BCUT2D eigenvalue weighted by Crippen LogP contribution is -2.48. The predicted molar refractivity (Wildman–Crippen MR) is 75.7 cm³/mol. The van der Waals surface area contributed by atoms with Crippen molar-refractivity contribution in [2.75, 3.05) is 0 Å². The fourth-order valence-corrected chi connectivity index (χ4v) is 6.55. The summed E-state index contributed by atoms with van der Waals surface area (Å²) in [5.41, 5.74) is 1.28. The zero-order valence-electron chi connectivity index (χ0n) is 12.0. The van der Waals surface area contributed by atoms with Gasteiger partial charge in [0.05, 0.1) is 8.07 Å².